The van der Waals surface area contributed by atoms with Gasteiger partial charge in [-0.05, 0) is 49.6 Å². The molecular formula is C38H54ClN9O5S. The van der Waals surface area contributed by atoms with Gasteiger partial charge in [-0.2, -0.15) is 0 Å². The molecule has 5 N–H and O–H groups in total. The molecule has 0 unspecified atom stereocenters. The Balaban J connectivity index is 0.00000650. The number of hydrogen-bond acceptors (Lipinski definition) is 11. The number of carbonyl (C=O) groups excluding carboxylic acids is 4. The number of benzene rings is 1. The van der Waals surface area contributed by atoms with E-state index in [1.165, 1.54) is 11.1 Å². The maximum Gasteiger partial charge on any atom is 0.253 e. The first kappa shape index (κ1) is 42.6. The van der Waals surface area contributed by atoms with E-state index in [-0.39, 0.29) is 43.9 Å². The number of thiazole rings is 1. The first-order valence-corrected chi connectivity index (χ1v) is 19.1. The number of halogens is 1. The Morgan fingerprint density at radius 1 is 1.00 bits per heavy atom. The van der Waals surface area contributed by atoms with E-state index in [1.807, 2.05) is 77.5 Å². The van der Waals surface area contributed by atoms with Gasteiger partial charge in [0.1, 0.15) is 17.9 Å². The van der Waals surface area contributed by atoms with Gasteiger partial charge in [-0.15, -0.1) is 23.7 Å². The van der Waals surface area contributed by atoms with E-state index in [4.69, 9.17) is 0 Å². The Bertz CT molecular complexity index is 1730. The molecule has 0 radical (unpaired) electrons. The van der Waals surface area contributed by atoms with Crippen LogP contribution in [-0.2, 0) is 14.4 Å². The van der Waals surface area contributed by atoms with E-state index in [2.05, 4.69) is 41.0 Å². The van der Waals surface area contributed by atoms with Crippen LogP contribution in [0.1, 0.15) is 61.8 Å². The van der Waals surface area contributed by atoms with E-state index in [1.54, 1.807) is 17.4 Å². The van der Waals surface area contributed by atoms with Gasteiger partial charge in [-0.3, -0.25) is 24.1 Å². The molecule has 4 atom stereocenters. The van der Waals surface area contributed by atoms with Gasteiger partial charge in [0.2, 0.25) is 17.7 Å². The predicted octanol–water partition coefficient (Wildman–Crippen LogP) is 2.38. The lowest BCUT2D eigenvalue weighted by molar-refractivity contribution is -0.144. The van der Waals surface area contributed by atoms with E-state index in [0.29, 0.717) is 5.56 Å². The number of aliphatic hydroxyl groups excluding tert-OH is 1. The van der Waals surface area contributed by atoms with E-state index < -0.39 is 41.3 Å². The minimum Gasteiger partial charge on any atom is -0.391 e. The molecule has 5 rings (SSSR count). The van der Waals surface area contributed by atoms with Gasteiger partial charge < -0.3 is 36.2 Å². The zero-order valence-electron chi connectivity index (χ0n) is 31.9. The fraction of sp³-hybridized carbons (Fsp3) is 0.526. The normalized spacial score (nSPS) is 18.7. The topological polar surface area (TPSA) is 172 Å². The number of carbonyl (C=O) groups is 4. The van der Waals surface area contributed by atoms with Gasteiger partial charge in [0.05, 0.1) is 40.3 Å². The summed E-state index contributed by atoms with van der Waals surface area (Å²) in [6, 6.07) is 9.11. The Labute approximate surface area is 327 Å². The molecule has 16 heteroatoms. The molecule has 14 nitrogen and oxygen atoms in total. The highest BCUT2D eigenvalue weighted by Gasteiger charge is 2.44. The van der Waals surface area contributed by atoms with Gasteiger partial charge >= 0.3 is 0 Å². The Morgan fingerprint density at radius 2 is 1.70 bits per heavy atom. The van der Waals surface area contributed by atoms with Gasteiger partial charge in [-0.25, -0.2) is 9.97 Å². The van der Waals surface area contributed by atoms with Gasteiger partial charge in [0.15, 0.2) is 0 Å². The maximum absolute atomic E-state index is 14.0. The van der Waals surface area contributed by atoms with Crippen LogP contribution in [0.5, 0.6) is 0 Å². The third kappa shape index (κ3) is 10.7. The largest absolute Gasteiger partial charge is 0.391 e. The van der Waals surface area contributed by atoms with Crippen LogP contribution in [0, 0.1) is 12.3 Å². The summed E-state index contributed by atoms with van der Waals surface area (Å²) in [4.78, 5) is 69.5. The monoisotopic (exact) mass is 783 g/mol. The smallest absolute Gasteiger partial charge is 0.253 e. The third-order valence-electron chi connectivity index (χ3n) is 9.85. The number of nitrogens with one attached hydrogen (secondary N) is 4. The van der Waals surface area contributed by atoms with Gasteiger partial charge in [-0.1, -0.05) is 45.0 Å². The van der Waals surface area contributed by atoms with Crippen LogP contribution in [0.2, 0.25) is 0 Å². The Hall–Kier alpha value is -4.15. The number of amides is 4. The van der Waals surface area contributed by atoms with Crippen LogP contribution in [0.3, 0.4) is 0 Å². The minimum absolute atomic E-state index is 0. The number of rotatable bonds is 13. The molecule has 2 aromatic heterocycles. The van der Waals surface area contributed by atoms with E-state index >= 15 is 0 Å². The number of β-amino-alcohol motifs (C(OH)–C–C–N with tert-alkyl or cyclic N) is 1. The van der Waals surface area contributed by atoms with Crippen LogP contribution >= 0.6 is 23.7 Å². The predicted molar refractivity (Wildman–Crippen MR) is 213 cm³/mol. The molecule has 4 heterocycles. The maximum atomic E-state index is 14.0. The molecule has 0 spiro atoms. The van der Waals surface area contributed by atoms with Crippen LogP contribution in [0.15, 0.2) is 48.1 Å². The Kier molecular flexibility index (Phi) is 14.9. The van der Waals surface area contributed by atoms with Crippen molar-refractivity contribution in [3.05, 3.63) is 64.9 Å². The molecule has 294 valence electrons. The first-order valence-electron chi connectivity index (χ1n) is 18.2. The average Bonchev–Trinajstić information content (AvgIpc) is 3.76. The fourth-order valence-electron chi connectivity index (χ4n) is 6.67. The third-order valence-corrected chi connectivity index (χ3v) is 10.8. The summed E-state index contributed by atoms with van der Waals surface area (Å²) in [6.45, 7) is 14.4. The molecule has 2 aliphatic rings. The van der Waals surface area contributed by atoms with Crippen molar-refractivity contribution in [2.24, 2.45) is 5.41 Å². The second-order valence-corrected chi connectivity index (χ2v) is 15.8. The van der Waals surface area contributed by atoms with Gasteiger partial charge in [0, 0.05) is 58.4 Å². The highest BCUT2D eigenvalue weighted by Crippen LogP contribution is 2.29. The fourth-order valence-corrected chi connectivity index (χ4v) is 7.48. The summed E-state index contributed by atoms with van der Waals surface area (Å²) in [6.07, 6.45) is 0.686. The summed E-state index contributed by atoms with van der Waals surface area (Å²) in [5.74, 6) is -1.09. The average molecular weight is 784 g/mol. The van der Waals surface area contributed by atoms with Crippen molar-refractivity contribution in [2.75, 3.05) is 64.3 Å². The minimum atomic E-state index is -1.02. The second-order valence-electron chi connectivity index (χ2n) is 14.9. The SMILES string of the molecule is CNCCN1CCN(c2ccc(C(=O)NCC(=O)N[C@H](C(=O)N3C[C@H](O)C[C@H]3C(=O)N[C@@H](C)c3ccc(-c4scnc4C)cc3)C(C)(C)C)cn2)CC1.Cl. The van der Waals surface area contributed by atoms with Crippen molar-refractivity contribution >= 4 is 53.2 Å². The number of likely N-dealkylation sites (tertiary alicyclic amines) is 1. The Morgan fingerprint density at radius 3 is 2.30 bits per heavy atom. The summed E-state index contributed by atoms with van der Waals surface area (Å²) >= 11 is 1.57. The number of nitrogens with zero attached hydrogens (tertiary/aromatic N) is 5. The van der Waals surface area contributed by atoms with Crippen molar-refractivity contribution in [3.8, 4) is 10.4 Å². The molecule has 2 fully saturated rings. The summed E-state index contributed by atoms with van der Waals surface area (Å²) in [7, 11) is 1.95. The number of hydrogen-bond donors (Lipinski definition) is 5. The number of aliphatic hydroxyl groups is 1. The standard InChI is InChI=1S/C38H53N9O5S.ClH/c1-24(26-7-9-27(10-8-26)33-25(2)42-23-53-33)43-36(51)30-19-29(48)22-47(30)37(52)34(38(3,4)5)44-32(49)21-41-35(50)28-11-12-31(40-20-28)46-17-15-45(16-18-46)14-13-39-6;/h7-12,20,23-24,29-30,34,39,48H,13-19,21-22H2,1-6H3,(H,41,50)(H,43,51)(H,44,49);1H/t24-,29+,30-,34+;/m0./s1. The lowest BCUT2D eigenvalue weighted by Gasteiger charge is -2.35. The van der Waals surface area contributed by atoms with Crippen molar-refractivity contribution in [1.29, 1.82) is 0 Å². The number of anilines is 1. The molecule has 2 aliphatic heterocycles. The molecule has 4 amide bonds. The number of piperazine rings is 1. The molecule has 54 heavy (non-hydrogen) atoms. The number of pyridine rings is 1. The summed E-state index contributed by atoms with van der Waals surface area (Å²) in [5, 5.41) is 22.2. The van der Waals surface area contributed by atoms with Crippen LogP contribution in [-0.4, -0.2) is 126 Å². The lowest BCUT2D eigenvalue weighted by Crippen LogP contribution is -2.58. The molecular weight excluding hydrogens is 730 g/mol. The van der Waals surface area contributed by atoms with Crippen LogP contribution in [0.25, 0.3) is 10.4 Å². The van der Waals surface area contributed by atoms with Crippen LogP contribution < -0.4 is 26.2 Å². The highest BCUT2D eigenvalue weighted by molar-refractivity contribution is 7.13. The quantitative estimate of drug-likeness (QED) is 0.173. The van der Waals surface area contributed by atoms with Crippen molar-refractivity contribution < 1.29 is 24.3 Å². The van der Waals surface area contributed by atoms with Crippen molar-refractivity contribution in [3.63, 3.8) is 0 Å². The number of aryl methyl sites for hydroxylation is 1. The van der Waals surface area contributed by atoms with Crippen molar-refractivity contribution in [1.82, 2.24) is 41.0 Å². The second kappa shape index (κ2) is 18.9. The van der Waals surface area contributed by atoms with Crippen LogP contribution in [0.4, 0.5) is 5.82 Å². The highest BCUT2D eigenvalue weighted by atomic mass is 35.5. The van der Waals surface area contributed by atoms with Crippen molar-refractivity contribution in [2.45, 2.75) is 65.3 Å². The molecule has 1 aromatic carbocycles. The zero-order valence-corrected chi connectivity index (χ0v) is 33.6. The van der Waals surface area contributed by atoms with E-state index in [0.717, 1.165) is 66.8 Å². The lowest BCUT2D eigenvalue weighted by atomic mass is 9.85. The van der Waals surface area contributed by atoms with E-state index in [9.17, 15) is 24.3 Å². The molecule has 0 aliphatic carbocycles. The molecule has 3 aromatic rings. The molecule has 0 bridgehead atoms. The number of likely N-dealkylation sites (N-methyl/N-ethyl adjacent to an activating group) is 1. The number of aromatic nitrogens is 2. The molecule has 0 saturated carbocycles. The first-order chi connectivity index (χ1) is 25.2. The van der Waals surface area contributed by atoms with Gasteiger partial charge in [0.25, 0.3) is 5.91 Å². The molecule has 2 saturated heterocycles. The summed E-state index contributed by atoms with van der Waals surface area (Å²) < 4.78 is 0. The zero-order chi connectivity index (χ0) is 38.3. The summed E-state index contributed by atoms with van der Waals surface area (Å²) in [5.41, 5.74) is 4.29.